The lowest BCUT2D eigenvalue weighted by molar-refractivity contribution is 0.0595. The van der Waals surface area contributed by atoms with Crippen LogP contribution in [0.1, 0.15) is 10.5 Å². The molecule has 0 aromatic carbocycles. The first-order valence-electron chi connectivity index (χ1n) is 4.48. The molecule has 2 rings (SSSR count). The predicted molar refractivity (Wildman–Crippen MR) is 60.3 cm³/mol. The summed E-state index contributed by atoms with van der Waals surface area (Å²) in [6, 6.07) is 0. The molecule has 15 heavy (non-hydrogen) atoms. The Morgan fingerprint density at radius 1 is 1.47 bits per heavy atom. The van der Waals surface area contributed by atoms with Gasteiger partial charge in [0, 0.05) is 19.3 Å². The number of rotatable bonds is 1. The van der Waals surface area contributed by atoms with Crippen molar-refractivity contribution in [2.75, 3.05) is 30.8 Å². The maximum absolute atomic E-state index is 11.4. The summed E-state index contributed by atoms with van der Waals surface area (Å²) in [4.78, 5) is 15.5. The number of pyridine rings is 1. The van der Waals surface area contributed by atoms with Crippen molar-refractivity contribution < 1.29 is 9.53 Å². The molecule has 2 N–H and O–H groups in total. The molecule has 1 aromatic rings. The summed E-state index contributed by atoms with van der Waals surface area (Å²) in [6.07, 6.45) is 1.59. The second kappa shape index (κ2) is 4.06. The van der Waals surface area contributed by atoms with Crippen LogP contribution in [-0.2, 0) is 4.74 Å². The Labute approximate surface area is 95.3 Å². The van der Waals surface area contributed by atoms with E-state index in [4.69, 9.17) is 0 Å². The molecule has 0 saturated carbocycles. The Morgan fingerprint density at radius 3 is 2.80 bits per heavy atom. The molecule has 5 nitrogen and oxygen atoms in total. The van der Waals surface area contributed by atoms with Crippen LogP contribution < -0.4 is 10.6 Å². The van der Waals surface area contributed by atoms with Crippen molar-refractivity contribution in [2.45, 2.75) is 0 Å². The number of aromatic nitrogens is 1. The van der Waals surface area contributed by atoms with Gasteiger partial charge in [-0.2, -0.15) is 0 Å². The highest BCUT2D eigenvalue weighted by Gasteiger charge is 2.21. The van der Waals surface area contributed by atoms with Crippen molar-refractivity contribution in [3.05, 3.63) is 16.4 Å². The smallest absolute Gasteiger partial charge is 0.358 e. The van der Waals surface area contributed by atoms with Gasteiger partial charge in [-0.15, -0.1) is 0 Å². The molecule has 0 spiro atoms. The topological polar surface area (TPSA) is 63.2 Å². The van der Waals surface area contributed by atoms with Gasteiger partial charge in [0.05, 0.1) is 23.0 Å². The minimum atomic E-state index is -0.435. The average molecular weight is 272 g/mol. The van der Waals surface area contributed by atoms with E-state index in [1.54, 1.807) is 6.20 Å². The first kappa shape index (κ1) is 10.2. The molecule has 0 unspecified atom stereocenters. The van der Waals surface area contributed by atoms with Crippen molar-refractivity contribution in [3.63, 3.8) is 0 Å². The Balaban J connectivity index is 2.52. The van der Waals surface area contributed by atoms with Gasteiger partial charge in [-0.05, 0) is 15.9 Å². The lowest BCUT2D eigenvalue weighted by atomic mass is 10.2. The molecule has 0 aliphatic carbocycles. The van der Waals surface area contributed by atoms with Gasteiger partial charge >= 0.3 is 5.97 Å². The third-order valence-corrected chi connectivity index (χ3v) is 2.74. The van der Waals surface area contributed by atoms with Crippen LogP contribution in [0.25, 0.3) is 0 Å². The molecule has 1 aliphatic rings. The monoisotopic (exact) mass is 271 g/mol. The minimum absolute atomic E-state index is 0.308. The third kappa shape index (κ3) is 1.77. The van der Waals surface area contributed by atoms with E-state index in [0.29, 0.717) is 11.4 Å². The van der Waals surface area contributed by atoms with Crippen LogP contribution in [0.15, 0.2) is 10.7 Å². The fourth-order valence-electron chi connectivity index (χ4n) is 1.46. The summed E-state index contributed by atoms with van der Waals surface area (Å²) in [5.41, 5.74) is 1.86. The van der Waals surface area contributed by atoms with E-state index >= 15 is 0 Å². The number of halogens is 1. The second-order valence-electron chi connectivity index (χ2n) is 3.05. The summed E-state index contributed by atoms with van der Waals surface area (Å²) < 4.78 is 5.49. The van der Waals surface area contributed by atoms with Gasteiger partial charge in [0.25, 0.3) is 0 Å². The Morgan fingerprint density at radius 2 is 2.13 bits per heavy atom. The summed E-state index contributed by atoms with van der Waals surface area (Å²) in [5.74, 6) is -0.435. The zero-order valence-electron chi connectivity index (χ0n) is 8.13. The molecular formula is C9H10BrN3O2. The lowest BCUT2D eigenvalue weighted by Gasteiger charge is -2.22. The first-order valence-corrected chi connectivity index (χ1v) is 5.28. The maximum Gasteiger partial charge on any atom is 0.358 e. The van der Waals surface area contributed by atoms with E-state index in [0.717, 1.165) is 23.2 Å². The van der Waals surface area contributed by atoms with Crippen LogP contribution in [-0.4, -0.2) is 31.2 Å². The molecule has 0 fully saturated rings. The van der Waals surface area contributed by atoms with Crippen molar-refractivity contribution >= 4 is 33.3 Å². The van der Waals surface area contributed by atoms with E-state index in [2.05, 4.69) is 36.3 Å². The zero-order chi connectivity index (χ0) is 10.8. The highest BCUT2D eigenvalue weighted by Crippen LogP contribution is 2.34. The lowest BCUT2D eigenvalue weighted by Crippen LogP contribution is -2.24. The van der Waals surface area contributed by atoms with Crippen molar-refractivity contribution in [3.8, 4) is 0 Å². The van der Waals surface area contributed by atoms with Crippen molar-refractivity contribution in [1.29, 1.82) is 0 Å². The van der Waals surface area contributed by atoms with Gasteiger partial charge in [-0.1, -0.05) is 0 Å². The zero-order valence-corrected chi connectivity index (χ0v) is 9.72. The van der Waals surface area contributed by atoms with E-state index < -0.39 is 5.97 Å². The average Bonchev–Trinajstić information content (AvgIpc) is 2.29. The predicted octanol–water partition coefficient (Wildman–Crippen LogP) is 1.47. The highest BCUT2D eigenvalue weighted by molar-refractivity contribution is 9.10. The number of carbonyl (C=O) groups excluding carboxylic acids is 1. The van der Waals surface area contributed by atoms with Crippen molar-refractivity contribution in [2.24, 2.45) is 0 Å². The molecule has 0 atom stereocenters. The number of methoxy groups -OCH3 is 1. The van der Waals surface area contributed by atoms with Crippen LogP contribution in [0.5, 0.6) is 0 Å². The molecule has 0 saturated heterocycles. The molecule has 1 aliphatic heterocycles. The van der Waals surface area contributed by atoms with Crippen LogP contribution in [0, 0.1) is 0 Å². The highest BCUT2D eigenvalue weighted by atomic mass is 79.9. The third-order valence-electron chi connectivity index (χ3n) is 2.14. The number of anilines is 2. The molecule has 80 valence electrons. The maximum atomic E-state index is 11.4. The Bertz CT molecular complexity index is 409. The molecular weight excluding hydrogens is 262 g/mol. The summed E-state index contributed by atoms with van der Waals surface area (Å²) in [6.45, 7) is 1.57. The summed E-state index contributed by atoms with van der Waals surface area (Å²) >= 11 is 3.37. The largest absolute Gasteiger partial charge is 0.464 e. The van der Waals surface area contributed by atoms with Gasteiger partial charge < -0.3 is 15.4 Å². The number of hydrogen-bond acceptors (Lipinski definition) is 5. The first-order chi connectivity index (χ1) is 7.24. The fraction of sp³-hybridized carbons (Fsp3) is 0.333. The van der Waals surface area contributed by atoms with Crippen molar-refractivity contribution in [1.82, 2.24) is 4.98 Å². The number of ether oxygens (including phenoxy) is 1. The summed E-state index contributed by atoms with van der Waals surface area (Å²) in [5, 5.41) is 6.32. The number of hydrogen-bond donors (Lipinski definition) is 2. The SMILES string of the molecule is COC(=O)c1ncc(Br)c2c1NCCN2. The molecule has 0 radical (unpaired) electrons. The van der Waals surface area contributed by atoms with Gasteiger partial charge in [0.1, 0.15) is 0 Å². The van der Waals surface area contributed by atoms with Gasteiger partial charge in [0.2, 0.25) is 0 Å². The van der Waals surface area contributed by atoms with E-state index in [-0.39, 0.29) is 0 Å². The van der Waals surface area contributed by atoms with Crippen LogP contribution in [0.3, 0.4) is 0 Å². The molecule has 2 heterocycles. The summed E-state index contributed by atoms with van der Waals surface area (Å²) in [7, 11) is 1.34. The molecule has 1 aromatic heterocycles. The van der Waals surface area contributed by atoms with E-state index in [1.807, 2.05) is 0 Å². The fourth-order valence-corrected chi connectivity index (χ4v) is 1.90. The molecule has 0 amide bonds. The minimum Gasteiger partial charge on any atom is -0.464 e. The van der Waals surface area contributed by atoms with Gasteiger partial charge in [-0.25, -0.2) is 9.78 Å². The normalized spacial score (nSPS) is 13.5. The standard InChI is InChI=1S/C9H10BrN3O2/c1-15-9(14)8-7-6(5(10)4-13-8)11-2-3-12-7/h4,11-12H,2-3H2,1H3. The second-order valence-corrected chi connectivity index (χ2v) is 3.90. The Hall–Kier alpha value is -1.30. The van der Waals surface area contributed by atoms with Gasteiger partial charge in [-0.3, -0.25) is 0 Å². The molecule has 0 bridgehead atoms. The van der Waals surface area contributed by atoms with Crippen LogP contribution in [0.4, 0.5) is 11.4 Å². The van der Waals surface area contributed by atoms with Crippen LogP contribution in [0.2, 0.25) is 0 Å². The van der Waals surface area contributed by atoms with E-state index in [1.165, 1.54) is 7.11 Å². The number of carbonyl (C=O) groups is 1. The quantitative estimate of drug-likeness (QED) is 0.758. The van der Waals surface area contributed by atoms with E-state index in [9.17, 15) is 4.79 Å². The number of nitrogens with one attached hydrogen (secondary N) is 2. The number of nitrogens with zero attached hydrogens (tertiary/aromatic N) is 1. The van der Waals surface area contributed by atoms with Gasteiger partial charge in [0.15, 0.2) is 5.69 Å². The molecule has 6 heteroatoms. The van der Waals surface area contributed by atoms with Crippen LogP contribution >= 0.6 is 15.9 Å². The number of fused-ring (bicyclic) bond motifs is 1. The Kier molecular flexibility index (Phi) is 2.77. The number of esters is 1.